The van der Waals surface area contributed by atoms with Crippen LogP contribution in [0, 0.1) is 0 Å². The first kappa shape index (κ1) is 10.3. The van der Waals surface area contributed by atoms with Gasteiger partial charge in [-0.25, -0.2) is 0 Å². The van der Waals surface area contributed by atoms with Gasteiger partial charge < -0.3 is 10.1 Å². The van der Waals surface area contributed by atoms with E-state index in [1.54, 1.807) is 6.08 Å². The van der Waals surface area contributed by atoms with Crippen LogP contribution in [-0.4, -0.2) is 24.7 Å². The van der Waals surface area contributed by atoms with Crippen LogP contribution in [-0.2, 0) is 9.53 Å². The Morgan fingerprint density at radius 1 is 1.69 bits per heavy atom. The molecule has 13 heavy (non-hydrogen) atoms. The summed E-state index contributed by atoms with van der Waals surface area (Å²) in [4.78, 5) is 11.5. The number of carbonyl (C=O) groups excluding carboxylic acids is 1. The van der Waals surface area contributed by atoms with Crippen LogP contribution in [0.2, 0.25) is 0 Å². The van der Waals surface area contributed by atoms with E-state index in [2.05, 4.69) is 11.9 Å². The van der Waals surface area contributed by atoms with Crippen LogP contribution in [0.15, 0.2) is 12.7 Å². The predicted octanol–water partition coefficient (Wildman–Crippen LogP) is 1.25. The van der Waals surface area contributed by atoms with E-state index in [0.29, 0.717) is 6.61 Å². The van der Waals surface area contributed by atoms with Crippen molar-refractivity contribution < 1.29 is 9.53 Å². The van der Waals surface area contributed by atoms with Gasteiger partial charge in [-0.15, -0.1) is 6.58 Å². The second-order valence-corrected chi connectivity index (χ2v) is 3.39. The van der Waals surface area contributed by atoms with E-state index in [-0.39, 0.29) is 18.1 Å². The van der Waals surface area contributed by atoms with Gasteiger partial charge in [-0.1, -0.05) is 6.08 Å². The summed E-state index contributed by atoms with van der Waals surface area (Å²) in [5, 5.41) is 2.82. The van der Waals surface area contributed by atoms with Gasteiger partial charge in [0.15, 0.2) is 0 Å². The summed E-state index contributed by atoms with van der Waals surface area (Å²) in [6.07, 6.45) is 4.47. The summed E-state index contributed by atoms with van der Waals surface area (Å²) in [6, 6.07) is 0.0260. The van der Waals surface area contributed by atoms with Crippen molar-refractivity contribution >= 4 is 5.91 Å². The molecule has 2 unspecified atom stereocenters. The maximum atomic E-state index is 11.5. The maximum absolute atomic E-state index is 11.5. The fourth-order valence-corrected chi connectivity index (χ4v) is 1.32. The van der Waals surface area contributed by atoms with Gasteiger partial charge in [-0.3, -0.25) is 4.79 Å². The zero-order valence-corrected chi connectivity index (χ0v) is 8.08. The van der Waals surface area contributed by atoms with Crippen LogP contribution in [0.4, 0.5) is 0 Å². The van der Waals surface area contributed by atoms with E-state index in [9.17, 15) is 4.79 Å². The molecule has 1 rings (SSSR count). The molecule has 1 aliphatic rings. The molecule has 1 heterocycles. The highest BCUT2D eigenvalue weighted by atomic mass is 16.5. The Bertz CT molecular complexity index is 185. The van der Waals surface area contributed by atoms with E-state index in [1.807, 2.05) is 6.92 Å². The molecule has 1 fully saturated rings. The summed E-state index contributed by atoms with van der Waals surface area (Å²) in [7, 11) is 0. The van der Waals surface area contributed by atoms with Crippen molar-refractivity contribution in [2.45, 2.75) is 38.3 Å². The van der Waals surface area contributed by atoms with Crippen molar-refractivity contribution in [3.05, 3.63) is 12.7 Å². The van der Waals surface area contributed by atoms with Gasteiger partial charge in [0.2, 0.25) is 5.91 Å². The average molecular weight is 183 g/mol. The highest BCUT2D eigenvalue weighted by Gasteiger charge is 2.22. The number of ether oxygens (including phenoxy) is 1. The van der Waals surface area contributed by atoms with Crippen molar-refractivity contribution in [1.29, 1.82) is 0 Å². The Balaban J connectivity index is 2.32. The van der Waals surface area contributed by atoms with Crippen LogP contribution in [0.25, 0.3) is 0 Å². The Morgan fingerprint density at radius 2 is 2.46 bits per heavy atom. The fraction of sp³-hybridized carbons (Fsp3) is 0.700. The normalized spacial score (nSPS) is 24.8. The first-order valence-electron chi connectivity index (χ1n) is 4.78. The molecule has 0 aromatic rings. The summed E-state index contributed by atoms with van der Waals surface area (Å²) < 4.78 is 5.34. The van der Waals surface area contributed by atoms with Crippen LogP contribution in [0.5, 0.6) is 0 Å². The van der Waals surface area contributed by atoms with Crippen molar-refractivity contribution in [2.75, 3.05) is 6.61 Å². The lowest BCUT2D eigenvalue weighted by molar-refractivity contribution is -0.135. The largest absolute Gasteiger partial charge is 0.368 e. The lowest BCUT2D eigenvalue weighted by Gasteiger charge is -2.22. The van der Waals surface area contributed by atoms with Gasteiger partial charge in [0.05, 0.1) is 0 Å². The molecule has 2 atom stereocenters. The smallest absolute Gasteiger partial charge is 0.249 e. The molecule has 0 aromatic carbocycles. The highest BCUT2D eigenvalue weighted by molar-refractivity contribution is 5.81. The van der Waals surface area contributed by atoms with E-state index in [4.69, 9.17) is 4.74 Å². The van der Waals surface area contributed by atoms with E-state index in [0.717, 1.165) is 19.3 Å². The van der Waals surface area contributed by atoms with Crippen LogP contribution in [0.1, 0.15) is 26.2 Å². The molecule has 0 radical (unpaired) electrons. The summed E-state index contributed by atoms with van der Waals surface area (Å²) >= 11 is 0. The van der Waals surface area contributed by atoms with Gasteiger partial charge in [-0.2, -0.15) is 0 Å². The molecule has 1 saturated heterocycles. The average Bonchev–Trinajstić information content (AvgIpc) is 2.19. The number of hydrogen-bond acceptors (Lipinski definition) is 2. The van der Waals surface area contributed by atoms with Gasteiger partial charge in [0.1, 0.15) is 6.10 Å². The third-order valence-electron chi connectivity index (χ3n) is 2.20. The quantitative estimate of drug-likeness (QED) is 0.669. The fourth-order valence-electron chi connectivity index (χ4n) is 1.32. The lowest BCUT2D eigenvalue weighted by Crippen LogP contribution is -2.41. The van der Waals surface area contributed by atoms with E-state index in [1.165, 1.54) is 0 Å². The number of hydrogen-bond donors (Lipinski definition) is 1. The maximum Gasteiger partial charge on any atom is 0.249 e. The predicted molar refractivity (Wildman–Crippen MR) is 51.4 cm³/mol. The molecular formula is C10H17NO2. The molecule has 3 heteroatoms. The van der Waals surface area contributed by atoms with E-state index >= 15 is 0 Å². The summed E-state index contributed by atoms with van der Waals surface area (Å²) in [5.74, 6) is -0.00731. The van der Waals surface area contributed by atoms with Crippen LogP contribution >= 0.6 is 0 Å². The molecule has 1 N–H and O–H groups in total. The third-order valence-corrected chi connectivity index (χ3v) is 2.20. The second kappa shape index (κ2) is 5.02. The topological polar surface area (TPSA) is 38.3 Å². The van der Waals surface area contributed by atoms with E-state index < -0.39 is 0 Å². The number of carbonyl (C=O) groups is 1. The minimum Gasteiger partial charge on any atom is -0.368 e. The first-order chi connectivity index (χ1) is 6.24. The minimum atomic E-state index is -0.240. The molecule has 3 nitrogen and oxygen atoms in total. The molecule has 0 saturated carbocycles. The molecule has 74 valence electrons. The molecule has 0 aliphatic carbocycles. The number of amides is 1. The van der Waals surface area contributed by atoms with Crippen molar-refractivity contribution in [1.82, 2.24) is 5.32 Å². The van der Waals surface area contributed by atoms with Gasteiger partial charge in [-0.05, 0) is 26.2 Å². The Hall–Kier alpha value is -0.830. The van der Waals surface area contributed by atoms with Crippen molar-refractivity contribution in [3.8, 4) is 0 Å². The van der Waals surface area contributed by atoms with Crippen molar-refractivity contribution in [2.24, 2.45) is 0 Å². The van der Waals surface area contributed by atoms with Gasteiger partial charge >= 0.3 is 0 Å². The molecule has 0 spiro atoms. The standard InChI is InChI=1S/C10H17NO2/c1-3-8(2)11-10(12)9-6-4-5-7-13-9/h3,8-9H,1,4-7H2,2H3,(H,11,12). The lowest BCUT2D eigenvalue weighted by atomic mass is 10.1. The van der Waals surface area contributed by atoms with Crippen molar-refractivity contribution in [3.63, 3.8) is 0 Å². The third kappa shape index (κ3) is 3.19. The zero-order chi connectivity index (χ0) is 9.68. The summed E-state index contributed by atoms with van der Waals surface area (Å²) in [5.41, 5.74) is 0. The zero-order valence-electron chi connectivity index (χ0n) is 8.08. The monoisotopic (exact) mass is 183 g/mol. The number of rotatable bonds is 3. The highest BCUT2D eigenvalue weighted by Crippen LogP contribution is 2.12. The Labute approximate surface area is 79.2 Å². The molecule has 0 aromatic heterocycles. The van der Waals surface area contributed by atoms with Crippen LogP contribution in [0.3, 0.4) is 0 Å². The molecule has 1 amide bonds. The Morgan fingerprint density at radius 3 is 3.00 bits per heavy atom. The van der Waals surface area contributed by atoms with Gasteiger partial charge in [0.25, 0.3) is 0 Å². The molecular weight excluding hydrogens is 166 g/mol. The molecule has 1 aliphatic heterocycles. The SMILES string of the molecule is C=CC(C)NC(=O)C1CCCCO1. The van der Waals surface area contributed by atoms with Crippen LogP contribution < -0.4 is 5.32 Å². The molecule has 0 bridgehead atoms. The first-order valence-corrected chi connectivity index (χ1v) is 4.78. The summed E-state index contributed by atoms with van der Waals surface area (Å²) in [6.45, 7) is 6.21. The number of nitrogens with one attached hydrogen (secondary N) is 1. The van der Waals surface area contributed by atoms with Gasteiger partial charge in [0, 0.05) is 12.6 Å². The minimum absolute atomic E-state index is 0.00731. The second-order valence-electron chi connectivity index (χ2n) is 3.39. The Kier molecular flexibility index (Phi) is 3.96.